The number of nitrogens with one attached hydrogen (secondary N) is 1. The number of hydrogen-bond acceptors (Lipinski definition) is 5. The summed E-state index contributed by atoms with van der Waals surface area (Å²) in [6.07, 6.45) is 7.55. The fourth-order valence-corrected chi connectivity index (χ4v) is 3.33. The Bertz CT molecular complexity index is 504. The third-order valence-corrected chi connectivity index (χ3v) is 5.08. The molecular formula is C16H27N5. The van der Waals surface area contributed by atoms with Gasteiger partial charge in [-0.25, -0.2) is 15.8 Å². The first-order chi connectivity index (χ1) is 10.1. The molecular weight excluding hydrogens is 262 g/mol. The predicted molar refractivity (Wildman–Crippen MR) is 86.4 cm³/mol. The second-order valence-corrected chi connectivity index (χ2v) is 6.82. The summed E-state index contributed by atoms with van der Waals surface area (Å²) in [5.41, 5.74) is 3.80. The van der Waals surface area contributed by atoms with Crippen LogP contribution in [0, 0.1) is 12.8 Å². The summed E-state index contributed by atoms with van der Waals surface area (Å²) in [6, 6.07) is 0.590. The summed E-state index contributed by atoms with van der Waals surface area (Å²) < 4.78 is 0. The third-order valence-electron chi connectivity index (χ3n) is 5.08. The fourth-order valence-electron chi connectivity index (χ4n) is 3.33. The molecule has 0 amide bonds. The average molecular weight is 289 g/mol. The molecule has 2 aliphatic carbocycles. The van der Waals surface area contributed by atoms with Crippen LogP contribution in [0.1, 0.15) is 62.8 Å². The maximum Gasteiger partial charge on any atom is 0.148 e. The lowest BCUT2D eigenvalue weighted by Crippen LogP contribution is -2.36. The van der Waals surface area contributed by atoms with E-state index in [1.807, 2.05) is 0 Å². The van der Waals surface area contributed by atoms with Crippen LogP contribution < -0.4 is 16.2 Å². The summed E-state index contributed by atoms with van der Waals surface area (Å²) in [6.45, 7) is 4.41. The van der Waals surface area contributed by atoms with E-state index in [1.165, 1.54) is 38.5 Å². The van der Waals surface area contributed by atoms with E-state index in [2.05, 4.69) is 36.2 Å². The van der Waals surface area contributed by atoms with Crippen LogP contribution in [-0.2, 0) is 0 Å². The van der Waals surface area contributed by atoms with Gasteiger partial charge in [0, 0.05) is 24.6 Å². The van der Waals surface area contributed by atoms with E-state index in [1.54, 1.807) is 0 Å². The molecule has 21 heavy (non-hydrogen) atoms. The summed E-state index contributed by atoms with van der Waals surface area (Å²) in [5, 5.41) is 0. The fraction of sp³-hybridized carbons (Fsp3) is 0.750. The van der Waals surface area contributed by atoms with Crippen LogP contribution in [0.2, 0.25) is 0 Å². The van der Waals surface area contributed by atoms with Gasteiger partial charge in [0.15, 0.2) is 0 Å². The van der Waals surface area contributed by atoms with Crippen molar-refractivity contribution in [3.8, 4) is 0 Å². The predicted octanol–water partition coefficient (Wildman–Crippen LogP) is 2.96. The Morgan fingerprint density at radius 1 is 1.10 bits per heavy atom. The van der Waals surface area contributed by atoms with Crippen molar-refractivity contribution in [2.45, 2.75) is 64.3 Å². The van der Waals surface area contributed by atoms with Gasteiger partial charge < -0.3 is 10.3 Å². The van der Waals surface area contributed by atoms with E-state index in [0.29, 0.717) is 12.0 Å². The smallest absolute Gasteiger partial charge is 0.148 e. The summed E-state index contributed by atoms with van der Waals surface area (Å²) in [4.78, 5) is 11.8. The monoisotopic (exact) mass is 289 g/mol. The molecule has 2 saturated carbocycles. The van der Waals surface area contributed by atoms with Crippen molar-refractivity contribution in [3.05, 3.63) is 11.4 Å². The van der Waals surface area contributed by atoms with Crippen molar-refractivity contribution in [2.24, 2.45) is 11.8 Å². The maximum absolute atomic E-state index is 5.65. The van der Waals surface area contributed by atoms with Gasteiger partial charge in [0.05, 0.1) is 0 Å². The van der Waals surface area contributed by atoms with Gasteiger partial charge in [0.1, 0.15) is 17.5 Å². The molecule has 0 aliphatic heterocycles. The SMILES string of the molecule is Cc1c(NN)nc(C2CC2)nc1N(C)C1CCC(C)CC1. The minimum absolute atomic E-state index is 0.538. The molecule has 0 radical (unpaired) electrons. The molecule has 0 saturated heterocycles. The van der Waals surface area contributed by atoms with Gasteiger partial charge in [-0.05, 0) is 51.4 Å². The Kier molecular flexibility index (Phi) is 4.02. The number of nitrogen functional groups attached to an aromatic ring is 1. The van der Waals surface area contributed by atoms with Crippen molar-refractivity contribution in [2.75, 3.05) is 17.4 Å². The Balaban J connectivity index is 1.87. The normalized spacial score (nSPS) is 25.7. The minimum Gasteiger partial charge on any atom is -0.356 e. The Morgan fingerprint density at radius 3 is 2.33 bits per heavy atom. The molecule has 0 aromatic carbocycles. The van der Waals surface area contributed by atoms with E-state index >= 15 is 0 Å². The Labute approximate surface area is 127 Å². The number of hydrazine groups is 1. The Morgan fingerprint density at radius 2 is 1.76 bits per heavy atom. The third kappa shape index (κ3) is 2.98. The molecule has 5 heteroatoms. The van der Waals surface area contributed by atoms with Gasteiger partial charge in [0.2, 0.25) is 0 Å². The quantitative estimate of drug-likeness (QED) is 0.659. The molecule has 1 aromatic rings. The highest BCUT2D eigenvalue weighted by Gasteiger charge is 2.30. The lowest BCUT2D eigenvalue weighted by atomic mass is 9.86. The standard InChI is InChI=1S/C16H27N5/c1-10-4-8-13(9-5-10)21(3)16-11(2)14(20-17)18-15(19-16)12-6-7-12/h10,12-13H,4-9,17H2,1-3H3,(H,18,19,20). The van der Waals surface area contributed by atoms with Crippen LogP contribution >= 0.6 is 0 Å². The van der Waals surface area contributed by atoms with Crippen LogP contribution in [0.3, 0.4) is 0 Å². The van der Waals surface area contributed by atoms with Gasteiger partial charge in [-0.2, -0.15) is 0 Å². The average Bonchev–Trinajstić information content (AvgIpc) is 3.32. The molecule has 0 bridgehead atoms. The number of hydrogen-bond donors (Lipinski definition) is 2. The first kappa shape index (κ1) is 14.6. The molecule has 3 N–H and O–H groups in total. The van der Waals surface area contributed by atoms with E-state index in [4.69, 9.17) is 10.8 Å². The molecule has 2 fully saturated rings. The van der Waals surface area contributed by atoms with Crippen LogP contribution in [0.15, 0.2) is 0 Å². The van der Waals surface area contributed by atoms with E-state index in [0.717, 1.165) is 28.9 Å². The van der Waals surface area contributed by atoms with Crippen molar-refractivity contribution >= 4 is 11.6 Å². The largest absolute Gasteiger partial charge is 0.356 e. The highest BCUT2D eigenvalue weighted by molar-refractivity contribution is 5.58. The topological polar surface area (TPSA) is 67.1 Å². The molecule has 0 spiro atoms. The van der Waals surface area contributed by atoms with Gasteiger partial charge in [-0.1, -0.05) is 6.92 Å². The molecule has 3 rings (SSSR count). The van der Waals surface area contributed by atoms with Crippen molar-refractivity contribution in [1.82, 2.24) is 9.97 Å². The number of rotatable bonds is 4. The van der Waals surface area contributed by atoms with Crippen molar-refractivity contribution in [1.29, 1.82) is 0 Å². The summed E-state index contributed by atoms with van der Waals surface area (Å²) in [5.74, 6) is 9.84. The summed E-state index contributed by atoms with van der Waals surface area (Å²) >= 11 is 0. The molecule has 1 aromatic heterocycles. The number of aromatic nitrogens is 2. The molecule has 0 unspecified atom stereocenters. The second-order valence-electron chi connectivity index (χ2n) is 6.82. The van der Waals surface area contributed by atoms with Crippen LogP contribution in [0.5, 0.6) is 0 Å². The molecule has 1 heterocycles. The zero-order valence-corrected chi connectivity index (χ0v) is 13.4. The second kappa shape index (κ2) is 5.79. The number of nitrogens with two attached hydrogens (primary N) is 1. The minimum atomic E-state index is 0.538. The first-order valence-corrected chi connectivity index (χ1v) is 8.18. The summed E-state index contributed by atoms with van der Waals surface area (Å²) in [7, 11) is 2.17. The molecule has 5 nitrogen and oxygen atoms in total. The van der Waals surface area contributed by atoms with E-state index in [-0.39, 0.29) is 0 Å². The highest BCUT2D eigenvalue weighted by Crippen LogP contribution is 2.40. The van der Waals surface area contributed by atoms with E-state index in [9.17, 15) is 0 Å². The lowest BCUT2D eigenvalue weighted by Gasteiger charge is -2.35. The number of anilines is 2. The van der Waals surface area contributed by atoms with E-state index < -0.39 is 0 Å². The number of nitrogens with zero attached hydrogens (tertiary/aromatic N) is 3. The zero-order valence-electron chi connectivity index (χ0n) is 13.4. The first-order valence-electron chi connectivity index (χ1n) is 8.18. The van der Waals surface area contributed by atoms with Gasteiger partial charge in [-0.3, -0.25) is 0 Å². The molecule has 2 aliphatic rings. The molecule has 116 valence electrons. The van der Waals surface area contributed by atoms with Gasteiger partial charge >= 0.3 is 0 Å². The maximum atomic E-state index is 5.65. The zero-order chi connectivity index (χ0) is 15.0. The highest BCUT2D eigenvalue weighted by atomic mass is 15.3. The molecule has 0 atom stereocenters. The van der Waals surface area contributed by atoms with Crippen LogP contribution in [0.25, 0.3) is 0 Å². The Hall–Kier alpha value is -1.36. The van der Waals surface area contributed by atoms with Crippen molar-refractivity contribution in [3.63, 3.8) is 0 Å². The lowest BCUT2D eigenvalue weighted by molar-refractivity contribution is 0.339. The van der Waals surface area contributed by atoms with Gasteiger partial charge in [-0.15, -0.1) is 0 Å². The van der Waals surface area contributed by atoms with Gasteiger partial charge in [0.25, 0.3) is 0 Å². The van der Waals surface area contributed by atoms with Crippen molar-refractivity contribution < 1.29 is 0 Å². The van der Waals surface area contributed by atoms with Crippen LogP contribution in [0.4, 0.5) is 11.6 Å². The van der Waals surface area contributed by atoms with Crippen LogP contribution in [-0.4, -0.2) is 23.1 Å².